The molecule has 3 heterocycles. The van der Waals surface area contributed by atoms with Crippen LogP contribution in [0.4, 0.5) is 0 Å². The van der Waals surface area contributed by atoms with Gasteiger partial charge in [-0.05, 0) is 30.9 Å². The van der Waals surface area contributed by atoms with E-state index in [1.54, 1.807) is 6.20 Å². The maximum atomic E-state index is 13.3. The van der Waals surface area contributed by atoms with Gasteiger partial charge >= 0.3 is 11.9 Å². The number of benzene rings is 1. The van der Waals surface area contributed by atoms with Crippen LogP contribution in [0.1, 0.15) is 30.5 Å². The fourth-order valence-corrected chi connectivity index (χ4v) is 4.88. The standard InChI is InChI=1S/C26H31N7O7/c27-17(8-14-11-29-18-5-2-1-4-16(14)18)25(38)33-7-3-6-21(33)24(37)31-19(10-22(34)35)23(36)32-20(26(39)40)9-15-12-28-13-30-15/h1-2,4-5,11-13,17,19-21,29H,3,6-10,27H2,(H,28,30)(H,31,37)(H,32,36)(H,34,35)(H,39,40). The minimum Gasteiger partial charge on any atom is -0.481 e. The van der Waals surface area contributed by atoms with Gasteiger partial charge in [0.25, 0.3) is 0 Å². The molecule has 1 aliphatic rings. The number of aliphatic carboxylic acids is 2. The lowest BCUT2D eigenvalue weighted by atomic mass is 10.0. The van der Waals surface area contributed by atoms with Gasteiger partial charge in [0.05, 0.1) is 18.8 Å². The van der Waals surface area contributed by atoms with E-state index in [1.807, 2.05) is 24.3 Å². The molecule has 3 aromatic rings. The van der Waals surface area contributed by atoms with Crippen LogP contribution in [0.25, 0.3) is 10.9 Å². The zero-order valence-electron chi connectivity index (χ0n) is 21.5. The van der Waals surface area contributed by atoms with Gasteiger partial charge < -0.3 is 41.4 Å². The Morgan fingerprint density at radius 2 is 1.85 bits per heavy atom. The third kappa shape index (κ3) is 6.64. The number of rotatable bonds is 12. The Kier molecular flexibility index (Phi) is 8.79. The van der Waals surface area contributed by atoms with Crippen molar-refractivity contribution in [2.24, 2.45) is 5.73 Å². The van der Waals surface area contributed by atoms with Crippen LogP contribution in [0.15, 0.2) is 43.0 Å². The van der Waals surface area contributed by atoms with Crippen molar-refractivity contribution in [3.8, 4) is 0 Å². The van der Waals surface area contributed by atoms with E-state index in [4.69, 9.17) is 5.73 Å². The van der Waals surface area contributed by atoms with Crippen molar-refractivity contribution < 1.29 is 34.2 Å². The second-order valence-corrected chi connectivity index (χ2v) is 9.70. The number of carboxylic acid groups (broad SMARTS) is 2. The van der Waals surface area contributed by atoms with Gasteiger partial charge in [-0.3, -0.25) is 19.2 Å². The van der Waals surface area contributed by atoms with Crippen molar-refractivity contribution in [1.82, 2.24) is 30.5 Å². The van der Waals surface area contributed by atoms with Gasteiger partial charge in [-0.2, -0.15) is 0 Å². The summed E-state index contributed by atoms with van der Waals surface area (Å²) in [6.45, 7) is 0.277. The number of imidazole rings is 1. The topological polar surface area (TPSA) is 224 Å². The van der Waals surface area contributed by atoms with E-state index in [9.17, 15) is 34.2 Å². The van der Waals surface area contributed by atoms with Crippen molar-refractivity contribution >= 4 is 40.6 Å². The number of carbonyl (C=O) groups excluding carboxylic acids is 3. The second kappa shape index (κ2) is 12.4. The normalized spacial score (nSPS) is 17.2. The maximum absolute atomic E-state index is 13.3. The average molecular weight is 554 g/mol. The first-order valence-electron chi connectivity index (χ1n) is 12.8. The molecule has 0 saturated carbocycles. The lowest BCUT2D eigenvalue weighted by molar-refractivity contribution is -0.144. The summed E-state index contributed by atoms with van der Waals surface area (Å²) in [6.07, 6.45) is 4.68. The quantitative estimate of drug-likeness (QED) is 0.154. The van der Waals surface area contributed by atoms with Gasteiger partial charge in [0.2, 0.25) is 17.7 Å². The first-order valence-corrected chi connectivity index (χ1v) is 12.8. The molecule has 4 atom stereocenters. The largest absolute Gasteiger partial charge is 0.481 e. The third-order valence-electron chi connectivity index (χ3n) is 6.88. The number of likely N-dealkylation sites (tertiary alicyclic amines) is 1. The molecule has 212 valence electrons. The first kappa shape index (κ1) is 28.3. The Balaban J connectivity index is 1.41. The number of H-pyrrole nitrogens is 2. The van der Waals surface area contributed by atoms with Crippen LogP contribution in [-0.2, 0) is 36.8 Å². The molecule has 40 heavy (non-hydrogen) atoms. The van der Waals surface area contributed by atoms with E-state index in [2.05, 4.69) is 25.6 Å². The number of nitrogens with zero attached hydrogens (tertiary/aromatic N) is 2. The fraction of sp³-hybridized carbons (Fsp3) is 0.385. The molecule has 14 nitrogen and oxygen atoms in total. The van der Waals surface area contributed by atoms with Crippen LogP contribution in [0.3, 0.4) is 0 Å². The number of amides is 3. The van der Waals surface area contributed by atoms with E-state index in [-0.39, 0.29) is 19.4 Å². The first-order chi connectivity index (χ1) is 19.1. The smallest absolute Gasteiger partial charge is 0.326 e. The summed E-state index contributed by atoms with van der Waals surface area (Å²) in [5, 5.41) is 24.5. The van der Waals surface area contributed by atoms with E-state index in [1.165, 1.54) is 17.4 Å². The van der Waals surface area contributed by atoms with Gasteiger partial charge in [0, 0.05) is 42.0 Å². The van der Waals surface area contributed by atoms with Crippen LogP contribution in [-0.4, -0.2) is 90.4 Å². The lowest BCUT2D eigenvalue weighted by Gasteiger charge is -2.28. The summed E-state index contributed by atoms with van der Waals surface area (Å²) in [5.41, 5.74) is 8.46. The Morgan fingerprint density at radius 1 is 1.07 bits per heavy atom. The van der Waals surface area contributed by atoms with Crippen molar-refractivity contribution in [3.05, 3.63) is 54.2 Å². The molecule has 0 aliphatic carbocycles. The Hall–Kier alpha value is -4.72. The third-order valence-corrected chi connectivity index (χ3v) is 6.88. The van der Waals surface area contributed by atoms with Crippen LogP contribution in [0, 0.1) is 0 Å². The molecule has 1 aliphatic heterocycles. The number of nitrogens with one attached hydrogen (secondary N) is 4. The molecule has 4 rings (SSSR count). The molecule has 2 aromatic heterocycles. The molecular weight excluding hydrogens is 522 g/mol. The predicted octanol–water partition coefficient (Wildman–Crippen LogP) is -0.477. The van der Waals surface area contributed by atoms with Gasteiger partial charge in [0.1, 0.15) is 18.1 Å². The van der Waals surface area contributed by atoms with Gasteiger partial charge in [-0.15, -0.1) is 0 Å². The number of para-hydroxylation sites is 1. The van der Waals surface area contributed by atoms with E-state index < -0.39 is 60.2 Å². The minimum atomic E-state index is -1.56. The summed E-state index contributed by atoms with van der Waals surface area (Å²) in [5.74, 6) is -4.85. The number of fused-ring (bicyclic) bond motifs is 1. The highest BCUT2D eigenvalue weighted by molar-refractivity contribution is 5.96. The highest BCUT2D eigenvalue weighted by Crippen LogP contribution is 2.22. The van der Waals surface area contributed by atoms with Crippen molar-refractivity contribution in [1.29, 1.82) is 0 Å². The number of nitrogens with two attached hydrogens (primary N) is 1. The zero-order chi connectivity index (χ0) is 28.8. The molecule has 1 aromatic carbocycles. The number of hydrogen-bond donors (Lipinski definition) is 7. The number of carbonyl (C=O) groups is 5. The monoisotopic (exact) mass is 553 g/mol. The average Bonchev–Trinajstić information content (AvgIpc) is 3.69. The predicted molar refractivity (Wildman–Crippen MR) is 141 cm³/mol. The van der Waals surface area contributed by atoms with Crippen molar-refractivity contribution in [2.45, 2.75) is 56.3 Å². The van der Waals surface area contributed by atoms with Gasteiger partial charge in [-0.25, -0.2) is 9.78 Å². The summed E-state index contributed by atoms with van der Waals surface area (Å²) in [6, 6.07) is 2.76. The summed E-state index contributed by atoms with van der Waals surface area (Å²) >= 11 is 0. The Morgan fingerprint density at radius 3 is 2.55 bits per heavy atom. The fourth-order valence-electron chi connectivity index (χ4n) is 4.88. The van der Waals surface area contributed by atoms with E-state index in [0.29, 0.717) is 18.5 Å². The molecular formula is C26H31N7O7. The Bertz CT molecular complexity index is 1390. The number of aromatic nitrogens is 3. The lowest BCUT2D eigenvalue weighted by Crippen LogP contribution is -2.57. The summed E-state index contributed by atoms with van der Waals surface area (Å²) in [7, 11) is 0. The number of aromatic amines is 2. The van der Waals surface area contributed by atoms with Crippen LogP contribution >= 0.6 is 0 Å². The zero-order valence-corrected chi connectivity index (χ0v) is 21.5. The molecule has 1 saturated heterocycles. The van der Waals surface area contributed by atoms with E-state index >= 15 is 0 Å². The van der Waals surface area contributed by atoms with Crippen molar-refractivity contribution in [2.75, 3.05) is 6.54 Å². The molecule has 0 radical (unpaired) electrons. The minimum absolute atomic E-state index is 0.131. The van der Waals surface area contributed by atoms with Crippen LogP contribution < -0.4 is 16.4 Å². The molecule has 8 N–H and O–H groups in total. The molecule has 0 bridgehead atoms. The Labute approximate surface area is 228 Å². The number of carboxylic acids is 2. The summed E-state index contributed by atoms with van der Waals surface area (Å²) < 4.78 is 0. The highest BCUT2D eigenvalue weighted by Gasteiger charge is 2.38. The molecule has 4 unspecified atom stereocenters. The SMILES string of the molecule is NC(Cc1c[nH]c2ccccc12)C(=O)N1CCCC1C(=O)NC(CC(=O)O)C(=O)NC(Cc1cnc[nH]1)C(=O)O. The summed E-state index contributed by atoms with van der Waals surface area (Å²) in [4.78, 5) is 73.5. The van der Waals surface area contributed by atoms with Crippen LogP contribution in [0.5, 0.6) is 0 Å². The highest BCUT2D eigenvalue weighted by atomic mass is 16.4. The second-order valence-electron chi connectivity index (χ2n) is 9.70. The molecule has 1 fully saturated rings. The molecule has 14 heteroatoms. The van der Waals surface area contributed by atoms with E-state index in [0.717, 1.165) is 16.5 Å². The maximum Gasteiger partial charge on any atom is 0.326 e. The van der Waals surface area contributed by atoms with Crippen LogP contribution in [0.2, 0.25) is 0 Å². The van der Waals surface area contributed by atoms with Crippen molar-refractivity contribution in [3.63, 3.8) is 0 Å². The number of hydrogen-bond acceptors (Lipinski definition) is 7. The van der Waals surface area contributed by atoms with Gasteiger partial charge in [-0.1, -0.05) is 18.2 Å². The van der Waals surface area contributed by atoms with Gasteiger partial charge in [0.15, 0.2) is 0 Å². The molecule has 3 amide bonds. The molecule has 0 spiro atoms.